The van der Waals surface area contributed by atoms with Crippen molar-refractivity contribution >= 4 is 17.3 Å². The zero-order valence-electron chi connectivity index (χ0n) is 11.6. The first-order valence-corrected chi connectivity index (χ1v) is 7.28. The summed E-state index contributed by atoms with van der Waals surface area (Å²) >= 11 is 0. The van der Waals surface area contributed by atoms with Crippen LogP contribution in [0.2, 0.25) is 0 Å². The van der Waals surface area contributed by atoms with Crippen LogP contribution in [0.15, 0.2) is 24.3 Å². The van der Waals surface area contributed by atoms with Gasteiger partial charge in [0.1, 0.15) is 0 Å². The molecule has 1 aliphatic heterocycles. The van der Waals surface area contributed by atoms with Crippen molar-refractivity contribution in [2.75, 3.05) is 43.1 Å². The highest BCUT2D eigenvalue weighted by Crippen LogP contribution is 2.26. The number of rotatable bonds is 5. The number of carbonyl (C=O) groups is 1. The van der Waals surface area contributed by atoms with E-state index in [0.717, 1.165) is 50.5 Å². The Morgan fingerprint density at radius 1 is 1.25 bits per heavy atom. The number of para-hydroxylation sites is 2. The number of nitrogens with zero attached hydrogens (tertiary/aromatic N) is 1. The van der Waals surface area contributed by atoms with Crippen LogP contribution in [0, 0.1) is 0 Å². The lowest BCUT2D eigenvalue weighted by atomic mass is 10.2. The average Bonchev–Trinajstić information content (AvgIpc) is 3.30. The number of nitrogens with one attached hydrogen (secondary N) is 2. The molecule has 1 heterocycles. The third-order valence-electron chi connectivity index (χ3n) is 3.64. The van der Waals surface area contributed by atoms with E-state index in [1.54, 1.807) is 0 Å². The number of hydrogen-bond donors (Lipinski definition) is 2. The standard InChI is InChI=1S/C15H21N3O2/c19-15(17-12-5-6-12)11-16-13-3-1-2-4-14(13)18-7-9-20-10-8-18/h1-4,12,16H,5-11H2,(H,17,19). The molecule has 0 aromatic heterocycles. The Morgan fingerprint density at radius 2 is 2.00 bits per heavy atom. The first-order valence-electron chi connectivity index (χ1n) is 7.28. The number of ether oxygens (including phenoxy) is 1. The van der Waals surface area contributed by atoms with Crippen LogP contribution >= 0.6 is 0 Å². The summed E-state index contributed by atoms with van der Waals surface area (Å²) in [6.45, 7) is 3.64. The number of carbonyl (C=O) groups excluding carboxylic acids is 1. The fraction of sp³-hybridized carbons (Fsp3) is 0.533. The minimum atomic E-state index is 0.0734. The number of benzene rings is 1. The van der Waals surface area contributed by atoms with E-state index in [0.29, 0.717) is 12.6 Å². The van der Waals surface area contributed by atoms with Gasteiger partial charge in [0.25, 0.3) is 0 Å². The van der Waals surface area contributed by atoms with Gasteiger partial charge in [-0.1, -0.05) is 12.1 Å². The molecule has 5 heteroatoms. The molecule has 1 aliphatic carbocycles. The lowest BCUT2D eigenvalue weighted by molar-refractivity contribution is -0.119. The number of morpholine rings is 1. The first kappa shape index (κ1) is 13.2. The summed E-state index contributed by atoms with van der Waals surface area (Å²) in [5.74, 6) is 0.0734. The fourth-order valence-corrected chi connectivity index (χ4v) is 2.39. The molecule has 2 N–H and O–H groups in total. The Morgan fingerprint density at radius 3 is 2.75 bits per heavy atom. The molecule has 3 rings (SSSR count). The predicted molar refractivity (Wildman–Crippen MR) is 79.1 cm³/mol. The van der Waals surface area contributed by atoms with Crippen molar-refractivity contribution in [2.45, 2.75) is 18.9 Å². The van der Waals surface area contributed by atoms with Gasteiger partial charge in [-0.3, -0.25) is 4.79 Å². The van der Waals surface area contributed by atoms with Crippen LogP contribution < -0.4 is 15.5 Å². The molecule has 2 aliphatic rings. The third-order valence-corrected chi connectivity index (χ3v) is 3.64. The van der Waals surface area contributed by atoms with E-state index < -0.39 is 0 Å². The molecule has 2 fully saturated rings. The van der Waals surface area contributed by atoms with Gasteiger partial charge in [0.05, 0.1) is 31.1 Å². The molecule has 1 saturated heterocycles. The number of hydrogen-bond acceptors (Lipinski definition) is 4. The third kappa shape index (κ3) is 3.42. The Kier molecular flexibility index (Phi) is 4.06. The predicted octanol–water partition coefficient (Wildman–Crippen LogP) is 1.21. The van der Waals surface area contributed by atoms with Crippen LogP contribution in [-0.4, -0.2) is 44.8 Å². The van der Waals surface area contributed by atoms with Crippen molar-refractivity contribution in [1.82, 2.24) is 5.32 Å². The van der Waals surface area contributed by atoms with E-state index in [-0.39, 0.29) is 5.91 Å². The Bertz CT molecular complexity index is 468. The maximum Gasteiger partial charge on any atom is 0.239 e. The average molecular weight is 275 g/mol. The topological polar surface area (TPSA) is 53.6 Å². The van der Waals surface area contributed by atoms with Crippen LogP contribution in [0.25, 0.3) is 0 Å². The van der Waals surface area contributed by atoms with Gasteiger partial charge in [-0.2, -0.15) is 0 Å². The summed E-state index contributed by atoms with van der Waals surface area (Å²) < 4.78 is 5.38. The zero-order chi connectivity index (χ0) is 13.8. The monoisotopic (exact) mass is 275 g/mol. The van der Waals surface area contributed by atoms with Crippen LogP contribution in [-0.2, 0) is 9.53 Å². The van der Waals surface area contributed by atoms with Crippen molar-refractivity contribution < 1.29 is 9.53 Å². The van der Waals surface area contributed by atoms with E-state index in [4.69, 9.17) is 4.74 Å². The van der Waals surface area contributed by atoms with Crippen LogP contribution in [0.5, 0.6) is 0 Å². The summed E-state index contributed by atoms with van der Waals surface area (Å²) in [6.07, 6.45) is 2.24. The number of amides is 1. The molecular formula is C15H21N3O2. The van der Waals surface area contributed by atoms with Gasteiger partial charge < -0.3 is 20.3 Å². The van der Waals surface area contributed by atoms with Gasteiger partial charge in [-0.25, -0.2) is 0 Å². The molecule has 0 unspecified atom stereocenters. The normalized spacial score (nSPS) is 18.7. The van der Waals surface area contributed by atoms with Crippen molar-refractivity contribution in [2.24, 2.45) is 0 Å². The fourth-order valence-electron chi connectivity index (χ4n) is 2.39. The van der Waals surface area contributed by atoms with E-state index >= 15 is 0 Å². The molecule has 1 aromatic carbocycles. The largest absolute Gasteiger partial charge is 0.378 e. The van der Waals surface area contributed by atoms with Gasteiger partial charge in [-0.05, 0) is 25.0 Å². The van der Waals surface area contributed by atoms with E-state index in [2.05, 4.69) is 21.6 Å². The zero-order valence-corrected chi connectivity index (χ0v) is 11.6. The second-order valence-corrected chi connectivity index (χ2v) is 5.31. The van der Waals surface area contributed by atoms with Gasteiger partial charge in [0.2, 0.25) is 5.91 Å². The van der Waals surface area contributed by atoms with Crippen molar-refractivity contribution in [3.05, 3.63) is 24.3 Å². The molecule has 0 spiro atoms. The minimum Gasteiger partial charge on any atom is -0.378 e. The Labute approximate surface area is 119 Å². The van der Waals surface area contributed by atoms with Gasteiger partial charge in [0.15, 0.2) is 0 Å². The quantitative estimate of drug-likeness (QED) is 0.848. The minimum absolute atomic E-state index is 0.0734. The molecule has 0 radical (unpaired) electrons. The van der Waals surface area contributed by atoms with E-state index in [9.17, 15) is 4.79 Å². The van der Waals surface area contributed by atoms with E-state index in [1.807, 2.05) is 18.2 Å². The molecule has 1 saturated carbocycles. The highest BCUT2D eigenvalue weighted by atomic mass is 16.5. The maximum atomic E-state index is 11.7. The van der Waals surface area contributed by atoms with E-state index in [1.165, 1.54) is 0 Å². The van der Waals surface area contributed by atoms with Crippen LogP contribution in [0.1, 0.15) is 12.8 Å². The lowest BCUT2D eigenvalue weighted by Gasteiger charge is -2.30. The first-order chi connectivity index (χ1) is 9.83. The molecular weight excluding hydrogens is 254 g/mol. The lowest BCUT2D eigenvalue weighted by Crippen LogP contribution is -2.37. The van der Waals surface area contributed by atoms with Gasteiger partial charge >= 0.3 is 0 Å². The smallest absolute Gasteiger partial charge is 0.239 e. The summed E-state index contributed by atoms with van der Waals surface area (Å²) in [5, 5.41) is 6.24. The molecule has 1 amide bonds. The molecule has 1 aromatic rings. The van der Waals surface area contributed by atoms with Gasteiger partial charge in [0, 0.05) is 19.1 Å². The summed E-state index contributed by atoms with van der Waals surface area (Å²) in [5.41, 5.74) is 2.16. The molecule has 108 valence electrons. The van der Waals surface area contributed by atoms with Crippen molar-refractivity contribution in [3.63, 3.8) is 0 Å². The molecule has 5 nitrogen and oxygen atoms in total. The Hall–Kier alpha value is -1.75. The number of anilines is 2. The van der Waals surface area contributed by atoms with Crippen LogP contribution in [0.3, 0.4) is 0 Å². The molecule has 20 heavy (non-hydrogen) atoms. The van der Waals surface area contributed by atoms with Crippen molar-refractivity contribution in [1.29, 1.82) is 0 Å². The summed E-state index contributed by atoms with van der Waals surface area (Å²) in [4.78, 5) is 14.0. The summed E-state index contributed by atoms with van der Waals surface area (Å²) in [7, 11) is 0. The molecule has 0 bridgehead atoms. The highest BCUT2D eigenvalue weighted by molar-refractivity contribution is 5.83. The Balaban J connectivity index is 1.61. The maximum absolute atomic E-state index is 11.7. The van der Waals surface area contributed by atoms with Crippen LogP contribution in [0.4, 0.5) is 11.4 Å². The van der Waals surface area contributed by atoms with Crippen molar-refractivity contribution in [3.8, 4) is 0 Å². The van der Waals surface area contributed by atoms with Gasteiger partial charge in [-0.15, -0.1) is 0 Å². The highest BCUT2D eigenvalue weighted by Gasteiger charge is 2.23. The second-order valence-electron chi connectivity index (χ2n) is 5.31. The second kappa shape index (κ2) is 6.13. The summed E-state index contributed by atoms with van der Waals surface area (Å²) in [6, 6.07) is 8.55. The SMILES string of the molecule is O=C(CNc1ccccc1N1CCOCC1)NC1CC1. The molecule has 0 atom stereocenters.